The second-order valence-corrected chi connectivity index (χ2v) is 9.99. The second kappa shape index (κ2) is 11.1. The summed E-state index contributed by atoms with van der Waals surface area (Å²) >= 11 is 0. The van der Waals surface area contributed by atoms with Crippen molar-refractivity contribution in [2.24, 2.45) is 0 Å². The molecule has 1 unspecified atom stereocenters. The third kappa shape index (κ3) is 5.27. The number of hydrogen-bond acceptors (Lipinski definition) is 7. The number of rotatable bonds is 7. The highest BCUT2D eigenvalue weighted by molar-refractivity contribution is 6.51. The molecule has 1 aromatic heterocycles. The number of ether oxygens (including phenoxy) is 2. The van der Waals surface area contributed by atoms with Crippen LogP contribution < -0.4 is 9.64 Å². The van der Waals surface area contributed by atoms with Crippen molar-refractivity contribution in [3.63, 3.8) is 0 Å². The Kier molecular flexibility index (Phi) is 7.85. The van der Waals surface area contributed by atoms with Crippen LogP contribution >= 0.6 is 0 Å². The first kappa shape index (κ1) is 27.6. The Morgan fingerprint density at radius 2 is 1.77 bits per heavy atom. The van der Waals surface area contributed by atoms with Crippen LogP contribution in [-0.2, 0) is 14.3 Å². The van der Waals surface area contributed by atoms with Crippen LogP contribution in [0.3, 0.4) is 0 Å². The van der Waals surface area contributed by atoms with Crippen molar-refractivity contribution in [2.75, 3.05) is 12.0 Å². The quantitative estimate of drug-likeness (QED) is 0.181. The minimum Gasteiger partial charge on any atom is -0.507 e. The highest BCUT2D eigenvalue weighted by Crippen LogP contribution is 2.43. The van der Waals surface area contributed by atoms with Crippen LogP contribution in [0.2, 0.25) is 0 Å². The minimum absolute atomic E-state index is 0.0782. The van der Waals surface area contributed by atoms with Gasteiger partial charge in [-0.25, -0.2) is 4.79 Å². The highest BCUT2D eigenvalue weighted by Gasteiger charge is 2.48. The number of benzene rings is 2. The Morgan fingerprint density at radius 3 is 2.38 bits per heavy atom. The number of carbonyl (C=O) groups excluding carboxylic acids is 3. The van der Waals surface area contributed by atoms with Crippen molar-refractivity contribution in [2.45, 2.75) is 52.7 Å². The second-order valence-electron chi connectivity index (χ2n) is 9.99. The molecule has 0 radical (unpaired) electrons. The van der Waals surface area contributed by atoms with Crippen molar-refractivity contribution in [1.82, 2.24) is 4.98 Å². The van der Waals surface area contributed by atoms with E-state index >= 15 is 0 Å². The molecule has 4 rings (SSSR count). The lowest BCUT2D eigenvalue weighted by molar-refractivity contribution is -0.132. The molecule has 1 aliphatic heterocycles. The number of nitrogens with zero attached hydrogens (tertiary/aromatic N) is 2. The van der Waals surface area contributed by atoms with Gasteiger partial charge in [-0.05, 0) is 80.3 Å². The van der Waals surface area contributed by atoms with Gasteiger partial charge in [0.1, 0.15) is 17.6 Å². The summed E-state index contributed by atoms with van der Waals surface area (Å²) in [7, 11) is 1.58. The average Bonchev–Trinajstić information content (AvgIpc) is 3.18. The molecule has 2 aromatic carbocycles. The molecule has 0 spiro atoms. The number of Topliss-reactive ketones (excluding diaryl/α,β-unsaturated/α-hetero) is 1. The van der Waals surface area contributed by atoms with E-state index in [1.165, 1.54) is 11.0 Å². The fourth-order valence-electron chi connectivity index (χ4n) is 4.71. The summed E-state index contributed by atoms with van der Waals surface area (Å²) in [5.74, 6) is -1.78. The number of esters is 1. The van der Waals surface area contributed by atoms with E-state index in [9.17, 15) is 19.5 Å². The first-order valence-electron chi connectivity index (χ1n) is 12.8. The van der Waals surface area contributed by atoms with Gasteiger partial charge in [-0.1, -0.05) is 26.0 Å². The lowest BCUT2D eigenvalue weighted by atomic mass is 9.92. The SMILES string of the molecule is COc1cc(C)c(/C(O)=C2\C(=O)C(=O)N(c3cccc(C(=O)OC(C)C)c3)C2c2ccccn2)cc1C(C)C. The number of amides is 1. The molecule has 8 heteroatoms. The lowest BCUT2D eigenvalue weighted by Crippen LogP contribution is -2.30. The summed E-state index contributed by atoms with van der Waals surface area (Å²) in [5.41, 5.74) is 2.80. The van der Waals surface area contributed by atoms with Crippen LogP contribution in [0.15, 0.2) is 66.4 Å². The summed E-state index contributed by atoms with van der Waals surface area (Å²) in [6.07, 6.45) is 1.23. The molecule has 0 bridgehead atoms. The molecule has 39 heavy (non-hydrogen) atoms. The van der Waals surface area contributed by atoms with E-state index in [1.807, 2.05) is 13.8 Å². The number of hydrogen-bond donors (Lipinski definition) is 1. The van der Waals surface area contributed by atoms with E-state index in [0.29, 0.717) is 28.3 Å². The number of pyridine rings is 1. The topological polar surface area (TPSA) is 106 Å². The number of anilines is 1. The number of aromatic nitrogens is 1. The molecule has 0 saturated carbocycles. The minimum atomic E-state index is -1.02. The Morgan fingerprint density at radius 1 is 1.03 bits per heavy atom. The maximum absolute atomic E-state index is 13.6. The summed E-state index contributed by atoms with van der Waals surface area (Å²) in [5, 5.41) is 11.6. The number of aliphatic hydroxyl groups is 1. The van der Waals surface area contributed by atoms with Gasteiger partial charge >= 0.3 is 5.97 Å². The Bertz CT molecular complexity index is 1460. The van der Waals surface area contributed by atoms with E-state index in [2.05, 4.69) is 4.98 Å². The van der Waals surface area contributed by atoms with Gasteiger partial charge in [0, 0.05) is 17.4 Å². The first-order valence-corrected chi connectivity index (χ1v) is 12.8. The van der Waals surface area contributed by atoms with Crippen molar-refractivity contribution in [3.05, 3.63) is 94.3 Å². The third-order valence-corrected chi connectivity index (χ3v) is 6.57. The number of methoxy groups -OCH3 is 1. The molecular weight excluding hydrogens is 496 g/mol. The average molecular weight is 529 g/mol. The van der Waals surface area contributed by atoms with E-state index in [0.717, 1.165) is 5.56 Å². The van der Waals surface area contributed by atoms with E-state index in [1.54, 1.807) is 82.6 Å². The monoisotopic (exact) mass is 528 g/mol. The van der Waals surface area contributed by atoms with E-state index in [-0.39, 0.29) is 28.9 Å². The molecule has 2 heterocycles. The van der Waals surface area contributed by atoms with Gasteiger partial charge in [-0.2, -0.15) is 0 Å². The first-order chi connectivity index (χ1) is 18.5. The van der Waals surface area contributed by atoms with Crippen molar-refractivity contribution >= 4 is 29.1 Å². The molecule has 0 aliphatic carbocycles. The van der Waals surface area contributed by atoms with Gasteiger partial charge in [0.2, 0.25) is 0 Å². The number of aryl methyl sites for hydroxylation is 1. The van der Waals surface area contributed by atoms with Crippen LogP contribution in [0.4, 0.5) is 5.69 Å². The largest absolute Gasteiger partial charge is 0.507 e. The zero-order valence-corrected chi connectivity index (χ0v) is 22.9. The molecule has 1 N–H and O–H groups in total. The predicted molar refractivity (Wildman–Crippen MR) is 148 cm³/mol. The normalized spacial score (nSPS) is 16.7. The fraction of sp³-hybridized carbons (Fsp3) is 0.290. The molecule has 1 amide bonds. The molecule has 1 fully saturated rings. The summed E-state index contributed by atoms with van der Waals surface area (Å²) in [6.45, 7) is 9.29. The van der Waals surface area contributed by atoms with Crippen LogP contribution in [0.25, 0.3) is 5.76 Å². The molecule has 202 valence electrons. The summed E-state index contributed by atoms with van der Waals surface area (Å²) < 4.78 is 10.8. The zero-order valence-electron chi connectivity index (χ0n) is 22.9. The van der Waals surface area contributed by atoms with Crippen LogP contribution in [-0.4, -0.2) is 41.0 Å². The Balaban J connectivity index is 1.93. The molecule has 1 atom stereocenters. The smallest absolute Gasteiger partial charge is 0.338 e. The third-order valence-electron chi connectivity index (χ3n) is 6.57. The van der Waals surface area contributed by atoms with Gasteiger partial charge in [0.25, 0.3) is 11.7 Å². The molecule has 8 nitrogen and oxygen atoms in total. The number of ketones is 1. The van der Waals surface area contributed by atoms with Gasteiger partial charge in [0.15, 0.2) is 0 Å². The Hall–Kier alpha value is -4.46. The summed E-state index contributed by atoms with van der Waals surface area (Å²) in [4.78, 5) is 45.4. The van der Waals surface area contributed by atoms with Gasteiger partial charge in [-0.15, -0.1) is 0 Å². The zero-order chi connectivity index (χ0) is 28.4. The van der Waals surface area contributed by atoms with Gasteiger partial charge in [-0.3, -0.25) is 19.5 Å². The molecule has 3 aromatic rings. The predicted octanol–water partition coefficient (Wildman–Crippen LogP) is 5.71. The molecular formula is C31H32N2O6. The number of aliphatic hydroxyl groups excluding tert-OH is 1. The fourth-order valence-corrected chi connectivity index (χ4v) is 4.71. The van der Waals surface area contributed by atoms with Crippen LogP contribution in [0.1, 0.15) is 72.4 Å². The Labute approximate surface area is 227 Å². The standard InChI is InChI=1S/C31H32N2O6/c1-17(2)22-16-23(19(5)14-25(22)38-6)28(34)26-27(24-12-7-8-13-32-24)33(30(36)29(26)35)21-11-9-10-20(15-21)31(37)39-18(3)4/h7-18,27,34H,1-6H3/b28-26+. The van der Waals surface area contributed by atoms with E-state index < -0.39 is 23.7 Å². The maximum atomic E-state index is 13.6. The highest BCUT2D eigenvalue weighted by atomic mass is 16.5. The summed E-state index contributed by atoms with van der Waals surface area (Å²) in [6, 6.07) is 14.1. The van der Waals surface area contributed by atoms with Crippen LogP contribution in [0.5, 0.6) is 5.75 Å². The van der Waals surface area contributed by atoms with Gasteiger partial charge < -0.3 is 14.6 Å². The molecule has 1 saturated heterocycles. The van der Waals surface area contributed by atoms with Crippen molar-refractivity contribution in [1.29, 1.82) is 0 Å². The number of carbonyl (C=O) groups is 3. The maximum Gasteiger partial charge on any atom is 0.338 e. The van der Waals surface area contributed by atoms with Crippen LogP contribution in [0, 0.1) is 6.92 Å². The van der Waals surface area contributed by atoms with Crippen molar-refractivity contribution in [3.8, 4) is 5.75 Å². The van der Waals surface area contributed by atoms with E-state index in [4.69, 9.17) is 9.47 Å². The lowest BCUT2D eigenvalue weighted by Gasteiger charge is -2.25. The molecule has 1 aliphatic rings. The van der Waals surface area contributed by atoms with Gasteiger partial charge in [0.05, 0.1) is 30.0 Å². The van der Waals surface area contributed by atoms with Crippen molar-refractivity contribution < 1.29 is 29.0 Å².